The van der Waals surface area contributed by atoms with E-state index in [9.17, 15) is 5.11 Å². The number of likely N-dealkylation sites (tertiary alicyclic amines) is 1. The molecular weight excluding hydrogens is 310 g/mol. The van der Waals surface area contributed by atoms with Crippen molar-refractivity contribution in [2.45, 2.75) is 44.4 Å². The van der Waals surface area contributed by atoms with Crippen LogP contribution in [0.15, 0.2) is 0 Å². The summed E-state index contributed by atoms with van der Waals surface area (Å²) in [7, 11) is 0. The van der Waals surface area contributed by atoms with Crippen molar-refractivity contribution in [2.24, 2.45) is 11.8 Å². The van der Waals surface area contributed by atoms with E-state index in [1.807, 2.05) is 11.6 Å². The number of hydrogen-bond acceptors (Lipinski definition) is 7. The molecule has 3 aliphatic heterocycles. The number of nitrogens with zero attached hydrogens (tertiary/aromatic N) is 5. The summed E-state index contributed by atoms with van der Waals surface area (Å²) in [5, 5.41) is 22.9. The Morgan fingerprint density at radius 2 is 2.12 bits per heavy atom. The number of hydrogen-bond donors (Lipinski definition) is 1. The van der Waals surface area contributed by atoms with Gasteiger partial charge in [-0.2, -0.15) is 0 Å². The van der Waals surface area contributed by atoms with Gasteiger partial charge in [0.05, 0.1) is 18.8 Å². The quantitative estimate of drug-likeness (QED) is 0.818. The molecule has 1 aromatic heterocycles. The van der Waals surface area contributed by atoms with Crippen LogP contribution < -0.4 is 0 Å². The van der Waals surface area contributed by atoms with E-state index in [2.05, 4.69) is 20.4 Å². The standard InChI is InChI=1S/C16H27N5O3/c1-12-17-18-19-21(12)6-2-5-20-9-13-10-24-8-4-16(13,22)14-11-23-7-3-15(14)20/h13-15,22H,2-11H2,1H3/t13-,14+,15-,16-/m0/s1. The summed E-state index contributed by atoms with van der Waals surface area (Å²) in [4.78, 5) is 2.54. The molecule has 134 valence electrons. The summed E-state index contributed by atoms with van der Waals surface area (Å²) < 4.78 is 13.2. The number of ether oxygens (including phenoxy) is 2. The molecule has 3 aliphatic rings. The molecule has 0 bridgehead atoms. The molecule has 8 heteroatoms. The average molecular weight is 337 g/mol. The van der Waals surface area contributed by atoms with Crippen LogP contribution in [0.1, 0.15) is 25.1 Å². The number of aryl methyl sites for hydroxylation is 2. The molecule has 0 amide bonds. The van der Waals surface area contributed by atoms with Gasteiger partial charge in [0.25, 0.3) is 0 Å². The van der Waals surface area contributed by atoms with Crippen molar-refractivity contribution in [3.05, 3.63) is 5.82 Å². The Balaban J connectivity index is 1.43. The van der Waals surface area contributed by atoms with Crippen LogP contribution in [0.3, 0.4) is 0 Å². The second kappa shape index (κ2) is 6.67. The van der Waals surface area contributed by atoms with Crippen molar-refractivity contribution in [1.29, 1.82) is 0 Å². The molecule has 0 aromatic carbocycles. The smallest absolute Gasteiger partial charge is 0.148 e. The predicted molar refractivity (Wildman–Crippen MR) is 85.3 cm³/mol. The van der Waals surface area contributed by atoms with E-state index in [0.717, 1.165) is 51.3 Å². The maximum atomic E-state index is 11.3. The van der Waals surface area contributed by atoms with Crippen molar-refractivity contribution >= 4 is 0 Å². The average Bonchev–Trinajstić information content (AvgIpc) is 3.01. The van der Waals surface area contributed by atoms with Gasteiger partial charge in [0.1, 0.15) is 5.82 Å². The lowest BCUT2D eigenvalue weighted by atomic mass is 9.66. The first-order chi connectivity index (χ1) is 11.7. The number of rotatable bonds is 4. The maximum absolute atomic E-state index is 11.3. The Kier molecular flexibility index (Phi) is 4.55. The third-order valence-electron chi connectivity index (χ3n) is 6.08. The number of aliphatic hydroxyl groups is 1. The second-order valence-corrected chi connectivity index (χ2v) is 7.35. The Morgan fingerprint density at radius 3 is 2.96 bits per heavy atom. The highest BCUT2D eigenvalue weighted by Crippen LogP contribution is 2.44. The SMILES string of the molecule is Cc1nnnn1CCCN1C[C@H]2COCC[C@@]2(O)[C@@H]2COCC[C@@H]21. The van der Waals surface area contributed by atoms with Crippen molar-refractivity contribution < 1.29 is 14.6 Å². The molecule has 3 saturated heterocycles. The minimum absolute atomic E-state index is 0.184. The van der Waals surface area contributed by atoms with E-state index >= 15 is 0 Å². The zero-order chi connectivity index (χ0) is 16.6. The molecule has 0 saturated carbocycles. The van der Waals surface area contributed by atoms with Crippen LogP contribution >= 0.6 is 0 Å². The van der Waals surface area contributed by atoms with E-state index in [4.69, 9.17) is 9.47 Å². The molecule has 8 nitrogen and oxygen atoms in total. The molecule has 1 N–H and O–H groups in total. The molecular formula is C16H27N5O3. The van der Waals surface area contributed by atoms with Gasteiger partial charge in [-0.3, -0.25) is 4.90 Å². The van der Waals surface area contributed by atoms with E-state index in [1.165, 1.54) is 0 Å². The first kappa shape index (κ1) is 16.4. The minimum Gasteiger partial charge on any atom is -0.389 e. The fourth-order valence-electron chi connectivity index (χ4n) is 4.70. The van der Waals surface area contributed by atoms with Gasteiger partial charge in [-0.1, -0.05) is 0 Å². The van der Waals surface area contributed by atoms with Crippen LogP contribution in [-0.4, -0.2) is 81.4 Å². The highest BCUT2D eigenvalue weighted by molar-refractivity contribution is 5.06. The summed E-state index contributed by atoms with van der Waals surface area (Å²) in [5.74, 6) is 1.24. The van der Waals surface area contributed by atoms with Crippen LogP contribution in [0.25, 0.3) is 0 Å². The van der Waals surface area contributed by atoms with E-state index in [-0.39, 0.29) is 11.8 Å². The minimum atomic E-state index is -0.619. The van der Waals surface area contributed by atoms with Crippen molar-refractivity contribution in [3.8, 4) is 0 Å². The lowest BCUT2D eigenvalue weighted by molar-refractivity contribution is -0.219. The van der Waals surface area contributed by atoms with E-state index in [0.29, 0.717) is 25.9 Å². The fourth-order valence-corrected chi connectivity index (χ4v) is 4.70. The Labute approximate surface area is 142 Å². The van der Waals surface area contributed by atoms with Gasteiger partial charge in [-0.15, -0.1) is 5.10 Å². The molecule has 1 aromatic rings. The summed E-state index contributed by atoms with van der Waals surface area (Å²) in [5.41, 5.74) is -0.619. The molecule has 4 heterocycles. The molecule has 3 fully saturated rings. The molecule has 4 atom stereocenters. The maximum Gasteiger partial charge on any atom is 0.148 e. The zero-order valence-corrected chi connectivity index (χ0v) is 14.3. The van der Waals surface area contributed by atoms with Gasteiger partial charge in [0.2, 0.25) is 0 Å². The van der Waals surface area contributed by atoms with Crippen molar-refractivity contribution in [1.82, 2.24) is 25.1 Å². The van der Waals surface area contributed by atoms with Gasteiger partial charge in [-0.05, 0) is 30.2 Å². The lowest BCUT2D eigenvalue weighted by Gasteiger charge is -2.57. The van der Waals surface area contributed by atoms with Gasteiger partial charge >= 0.3 is 0 Å². The zero-order valence-electron chi connectivity index (χ0n) is 14.3. The summed E-state index contributed by atoms with van der Waals surface area (Å²) in [6, 6.07) is 0.410. The van der Waals surface area contributed by atoms with Gasteiger partial charge in [-0.25, -0.2) is 4.68 Å². The normalized spacial score (nSPS) is 37.0. The van der Waals surface area contributed by atoms with Crippen molar-refractivity contribution in [3.63, 3.8) is 0 Å². The molecule has 0 radical (unpaired) electrons. The Bertz CT molecular complexity index is 568. The number of tetrazole rings is 1. The third-order valence-corrected chi connectivity index (χ3v) is 6.08. The van der Waals surface area contributed by atoms with Crippen LogP contribution in [-0.2, 0) is 16.0 Å². The summed E-state index contributed by atoms with van der Waals surface area (Å²) >= 11 is 0. The first-order valence-electron chi connectivity index (χ1n) is 9.03. The number of fused-ring (bicyclic) bond motifs is 3. The van der Waals surface area contributed by atoms with Gasteiger partial charge in [0.15, 0.2) is 0 Å². The summed E-state index contributed by atoms with van der Waals surface area (Å²) in [6.45, 7) is 7.43. The number of aromatic nitrogens is 4. The fraction of sp³-hybridized carbons (Fsp3) is 0.938. The summed E-state index contributed by atoms with van der Waals surface area (Å²) in [6.07, 6.45) is 2.74. The molecule has 0 spiro atoms. The molecule has 24 heavy (non-hydrogen) atoms. The largest absolute Gasteiger partial charge is 0.389 e. The highest BCUT2D eigenvalue weighted by Gasteiger charge is 2.54. The van der Waals surface area contributed by atoms with Crippen LogP contribution in [0.2, 0.25) is 0 Å². The lowest BCUT2D eigenvalue weighted by Crippen LogP contribution is -2.68. The van der Waals surface area contributed by atoms with Gasteiger partial charge < -0.3 is 14.6 Å². The van der Waals surface area contributed by atoms with E-state index in [1.54, 1.807) is 0 Å². The molecule has 0 aliphatic carbocycles. The predicted octanol–water partition coefficient (Wildman–Crippen LogP) is -0.140. The Hall–Kier alpha value is -1.09. The monoisotopic (exact) mass is 337 g/mol. The third kappa shape index (κ3) is 2.85. The van der Waals surface area contributed by atoms with Gasteiger partial charge in [0, 0.05) is 57.1 Å². The van der Waals surface area contributed by atoms with Crippen LogP contribution in [0, 0.1) is 18.8 Å². The molecule has 0 unspecified atom stereocenters. The van der Waals surface area contributed by atoms with Crippen LogP contribution in [0.4, 0.5) is 0 Å². The topological polar surface area (TPSA) is 85.5 Å². The number of piperidine rings is 1. The molecule has 4 rings (SSSR count). The first-order valence-corrected chi connectivity index (χ1v) is 9.03. The van der Waals surface area contributed by atoms with E-state index < -0.39 is 5.60 Å². The highest BCUT2D eigenvalue weighted by atomic mass is 16.5. The Morgan fingerprint density at radius 1 is 1.25 bits per heavy atom. The van der Waals surface area contributed by atoms with Crippen LogP contribution in [0.5, 0.6) is 0 Å². The second-order valence-electron chi connectivity index (χ2n) is 7.35. The van der Waals surface area contributed by atoms with Crippen molar-refractivity contribution in [2.75, 3.05) is 39.5 Å².